The maximum Gasteiger partial charge on any atom is 0.229 e. The largest absolute Gasteiger partial charge is 0.383 e. The molecule has 1 unspecified atom stereocenters. The summed E-state index contributed by atoms with van der Waals surface area (Å²) in [6.45, 7) is 9.92. The minimum atomic E-state index is 0.297. The fourth-order valence-corrected chi connectivity index (χ4v) is 2.71. The molecule has 0 amide bonds. The van der Waals surface area contributed by atoms with Gasteiger partial charge < -0.3 is 14.6 Å². The summed E-state index contributed by atoms with van der Waals surface area (Å²) in [4.78, 5) is 6.90. The van der Waals surface area contributed by atoms with Crippen LogP contribution in [0.5, 0.6) is 0 Å². The van der Waals surface area contributed by atoms with Crippen LogP contribution in [0.3, 0.4) is 0 Å². The van der Waals surface area contributed by atoms with Gasteiger partial charge in [-0.1, -0.05) is 19.0 Å². The number of ether oxygens (including phenoxy) is 1. The third-order valence-corrected chi connectivity index (χ3v) is 3.86. The molecule has 1 aromatic heterocycles. The van der Waals surface area contributed by atoms with E-state index in [4.69, 9.17) is 9.26 Å². The van der Waals surface area contributed by atoms with Crippen LogP contribution in [0.1, 0.15) is 44.3 Å². The number of hydrogen-bond donors (Lipinski definition) is 1. The van der Waals surface area contributed by atoms with Crippen molar-refractivity contribution in [2.75, 3.05) is 39.9 Å². The van der Waals surface area contributed by atoms with E-state index in [2.05, 4.69) is 34.2 Å². The minimum absolute atomic E-state index is 0.297. The van der Waals surface area contributed by atoms with E-state index in [0.717, 1.165) is 51.0 Å². The Balaban J connectivity index is 1.75. The Bertz CT molecular complexity index is 408. The molecule has 0 spiro atoms. The zero-order chi connectivity index (χ0) is 15.1. The second kappa shape index (κ2) is 8.46. The number of rotatable bonds is 8. The Kier molecular flexibility index (Phi) is 6.60. The standard InChI is InChI=1S/C15H28N4O2/c1-12(2)15-17-14(18-21-15)11-19-7-4-5-13(10-19)9-16-6-8-20-3/h12-13,16H,4-11H2,1-3H3. The lowest BCUT2D eigenvalue weighted by Gasteiger charge is -2.32. The zero-order valence-electron chi connectivity index (χ0n) is 13.5. The SMILES string of the molecule is COCCNCC1CCCN(Cc2noc(C(C)C)n2)C1. The molecule has 0 aliphatic carbocycles. The fraction of sp³-hybridized carbons (Fsp3) is 0.867. The number of likely N-dealkylation sites (tertiary alicyclic amines) is 1. The first-order valence-corrected chi connectivity index (χ1v) is 7.93. The maximum absolute atomic E-state index is 5.27. The lowest BCUT2D eigenvalue weighted by Crippen LogP contribution is -2.39. The van der Waals surface area contributed by atoms with Crippen molar-refractivity contribution in [1.82, 2.24) is 20.4 Å². The lowest BCUT2D eigenvalue weighted by atomic mass is 9.98. The third kappa shape index (κ3) is 5.37. The number of nitrogens with zero attached hydrogens (tertiary/aromatic N) is 3. The number of methoxy groups -OCH3 is 1. The van der Waals surface area contributed by atoms with Gasteiger partial charge in [0.1, 0.15) is 0 Å². The van der Waals surface area contributed by atoms with Crippen LogP contribution in [0.15, 0.2) is 4.52 Å². The van der Waals surface area contributed by atoms with E-state index in [1.807, 2.05) is 0 Å². The van der Waals surface area contributed by atoms with E-state index in [-0.39, 0.29) is 0 Å². The van der Waals surface area contributed by atoms with Crippen molar-refractivity contribution in [2.45, 2.75) is 39.2 Å². The Morgan fingerprint density at radius 3 is 3.05 bits per heavy atom. The van der Waals surface area contributed by atoms with Crippen LogP contribution in [-0.2, 0) is 11.3 Å². The molecule has 0 saturated carbocycles. The molecule has 1 aliphatic heterocycles. The summed E-state index contributed by atoms with van der Waals surface area (Å²) < 4.78 is 10.3. The van der Waals surface area contributed by atoms with E-state index in [1.54, 1.807) is 7.11 Å². The van der Waals surface area contributed by atoms with E-state index in [0.29, 0.717) is 11.8 Å². The highest BCUT2D eigenvalue weighted by Gasteiger charge is 2.21. The van der Waals surface area contributed by atoms with Crippen LogP contribution < -0.4 is 5.32 Å². The number of hydrogen-bond acceptors (Lipinski definition) is 6. The van der Waals surface area contributed by atoms with Crippen molar-refractivity contribution in [3.05, 3.63) is 11.7 Å². The molecule has 0 radical (unpaired) electrons. The maximum atomic E-state index is 5.27. The van der Waals surface area contributed by atoms with Crippen LogP contribution in [-0.4, -0.2) is 54.9 Å². The highest BCUT2D eigenvalue weighted by Crippen LogP contribution is 2.18. The van der Waals surface area contributed by atoms with Gasteiger partial charge in [-0.2, -0.15) is 4.98 Å². The minimum Gasteiger partial charge on any atom is -0.383 e. The molecule has 1 fully saturated rings. The molecule has 2 heterocycles. The van der Waals surface area contributed by atoms with E-state index < -0.39 is 0 Å². The predicted octanol–water partition coefficient (Wildman–Crippen LogP) is 1.64. The van der Waals surface area contributed by atoms with Crippen molar-refractivity contribution in [2.24, 2.45) is 5.92 Å². The smallest absolute Gasteiger partial charge is 0.229 e. The monoisotopic (exact) mass is 296 g/mol. The topological polar surface area (TPSA) is 63.4 Å². The van der Waals surface area contributed by atoms with Crippen LogP contribution >= 0.6 is 0 Å². The number of piperidine rings is 1. The molecule has 1 aliphatic rings. The molecular weight excluding hydrogens is 268 g/mol. The van der Waals surface area contributed by atoms with Crippen molar-refractivity contribution < 1.29 is 9.26 Å². The van der Waals surface area contributed by atoms with E-state index >= 15 is 0 Å². The summed E-state index contributed by atoms with van der Waals surface area (Å²) in [5.41, 5.74) is 0. The van der Waals surface area contributed by atoms with Gasteiger partial charge in [0, 0.05) is 26.1 Å². The fourth-order valence-electron chi connectivity index (χ4n) is 2.71. The summed E-state index contributed by atoms with van der Waals surface area (Å²) in [6.07, 6.45) is 2.53. The molecule has 120 valence electrons. The summed E-state index contributed by atoms with van der Waals surface area (Å²) in [5, 5.41) is 7.54. The number of aromatic nitrogens is 2. The van der Waals surface area contributed by atoms with E-state index in [9.17, 15) is 0 Å². The van der Waals surface area contributed by atoms with Crippen LogP contribution in [0, 0.1) is 5.92 Å². The Morgan fingerprint density at radius 2 is 2.33 bits per heavy atom. The first kappa shape index (κ1) is 16.4. The van der Waals surface area contributed by atoms with Gasteiger partial charge in [-0.15, -0.1) is 0 Å². The summed E-state index contributed by atoms with van der Waals surface area (Å²) in [5.74, 6) is 2.55. The normalized spacial score (nSPS) is 20.3. The van der Waals surface area contributed by atoms with E-state index in [1.165, 1.54) is 12.8 Å². The quantitative estimate of drug-likeness (QED) is 0.736. The number of nitrogens with one attached hydrogen (secondary N) is 1. The molecule has 6 heteroatoms. The van der Waals surface area contributed by atoms with Crippen molar-refractivity contribution >= 4 is 0 Å². The van der Waals surface area contributed by atoms with Gasteiger partial charge in [-0.3, -0.25) is 4.90 Å². The predicted molar refractivity (Wildman–Crippen MR) is 81.1 cm³/mol. The summed E-state index contributed by atoms with van der Waals surface area (Å²) in [6, 6.07) is 0. The second-order valence-corrected chi connectivity index (χ2v) is 6.14. The van der Waals surface area contributed by atoms with Gasteiger partial charge in [-0.05, 0) is 31.8 Å². The molecule has 21 heavy (non-hydrogen) atoms. The van der Waals surface area contributed by atoms with Gasteiger partial charge >= 0.3 is 0 Å². The Hall–Kier alpha value is -0.980. The second-order valence-electron chi connectivity index (χ2n) is 6.14. The van der Waals surface area contributed by atoms with Crippen molar-refractivity contribution in [3.63, 3.8) is 0 Å². The Labute approximate surface area is 127 Å². The summed E-state index contributed by atoms with van der Waals surface area (Å²) in [7, 11) is 1.74. The average Bonchev–Trinajstić information content (AvgIpc) is 2.93. The van der Waals surface area contributed by atoms with Gasteiger partial charge in [0.2, 0.25) is 5.89 Å². The van der Waals surface area contributed by atoms with Crippen molar-refractivity contribution in [3.8, 4) is 0 Å². The highest BCUT2D eigenvalue weighted by atomic mass is 16.5. The van der Waals surface area contributed by atoms with Crippen molar-refractivity contribution in [1.29, 1.82) is 0 Å². The molecule has 1 saturated heterocycles. The molecule has 0 bridgehead atoms. The average molecular weight is 296 g/mol. The summed E-state index contributed by atoms with van der Waals surface area (Å²) >= 11 is 0. The van der Waals surface area contributed by atoms with Gasteiger partial charge in [0.05, 0.1) is 13.2 Å². The van der Waals surface area contributed by atoms with Gasteiger partial charge in [0.15, 0.2) is 5.82 Å². The van der Waals surface area contributed by atoms with Crippen LogP contribution in [0.4, 0.5) is 0 Å². The van der Waals surface area contributed by atoms with Crippen LogP contribution in [0.2, 0.25) is 0 Å². The molecule has 6 nitrogen and oxygen atoms in total. The molecular formula is C15H28N4O2. The Morgan fingerprint density at radius 1 is 1.48 bits per heavy atom. The third-order valence-electron chi connectivity index (χ3n) is 3.86. The zero-order valence-corrected chi connectivity index (χ0v) is 13.5. The first-order valence-electron chi connectivity index (χ1n) is 7.93. The molecule has 1 aromatic rings. The first-order chi connectivity index (χ1) is 10.2. The lowest BCUT2D eigenvalue weighted by molar-refractivity contribution is 0.155. The molecule has 0 aromatic carbocycles. The van der Waals surface area contributed by atoms with Crippen LogP contribution in [0.25, 0.3) is 0 Å². The van der Waals surface area contributed by atoms with Gasteiger partial charge in [-0.25, -0.2) is 0 Å². The van der Waals surface area contributed by atoms with Gasteiger partial charge in [0.25, 0.3) is 0 Å². The molecule has 1 N–H and O–H groups in total. The molecule has 1 atom stereocenters. The highest BCUT2D eigenvalue weighted by molar-refractivity contribution is 4.91. The molecule has 2 rings (SSSR count).